The van der Waals surface area contributed by atoms with E-state index in [-0.39, 0.29) is 5.82 Å². The number of hydrogen-bond donors (Lipinski definition) is 0. The summed E-state index contributed by atoms with van der Waals surface area (Å²) in [6.45, 7) is 1.82. The number of fused-ring (bicyclic) bond motifs is 1. The number of ether oxygens (including phenoxy) is 1. The Balaban J connectivity index is 1.92. The van der Waals surface area contributed by atoms with Crippen molar-refractivity contribution in [3.8, 4) is 11.6 Å². The van der Waals surface area contributed by atoms with Gasteiger partial charge < -0.3 is 9.30 Å². The number of rotatable bonds is 4. The third-order valence-electron chi connectivity index (χ3n) is 4.71. The van der Waals surface area contributed by atoms with Crippen LogP contribution in [0.2, 0.25) is 0 Å². The molecule has 0 aliphatic carbocycles. The van der Waals surface area contributed by atoms with Crippen molar-refractivity contribution >= 4 is 10.9 Å². The van der Waals surface area contributed by atoms with E-state index in [0.717, 1.165) is 27.8 Å². The Morgan fingerprint density at radius 2 is 1.85 bits per heavy atom. The lowest BCUT2D eigenvalue weighted by molar-refractivity contribution is 0.398. The molecule has 3 nitrogen and oxygen atoms in total. The minimum Gasteiger partial charge on any atom is -0.481 e. The summed E-state index contributed by atoms with van der Waals surface area (Å²) >= 11 is 0. The van der Waals surface area contributed by atoms with E-state index in [2.05, 4.69) is 27.8 Å². The third-order valence-corrected chi connectivity index (χ3v) is 4.71. The zero-order chi connectivity index (χ0) is 18.1. The maximum Gasteiger partial charge on any atom is 0.215 e. The molecule has 0 fully saturated rings. The highest BCUT2D eigenvalue weighted by Crippen LogP contribution is 2.28. The zero-order valence-electron chi connectivity index (χ0n) is 14.7. The highest BCUT2D eigenvalue weighted by molar-refractivity contribution is 5.83. The highest BCUT2D eigenvalue weighted by atomic mass is 19.1. The van der Waals surface area contributed by atoms with E-state index < -0.39 is 0 Å². The van der Waals surface area contributed by atoms with E-state index in [4.69, 9.17) is 4.74 Å². The number of pyridine rings is 1. The van der Waals surface area contributed by atoms with Gasteiger partial charge in [0.25, 0.3) is 0 Å². The summed E-state index contributed by atoms with van der Waals surface area (Å²) < 4.78 is 21.5. The van der Waals surface area contributed by atoms with Gasteiger partial charge in [0.1, 0.15) is 5.82 Å². The maximum atomic E-state index is 14.0. The topological polar surface area (TPSA) is 27.1 Å². The molecule has 4 heteroatoms. The standard InChI is InChI=1S/C22H19FN2O/c1-15-16(7-6-10-20(15)23)11-19-12-17-14-24-22(26-2)13-21(17)25(19)18-8-4-3-5-9-18/h3-10,12-14H,11H2,1-2H3. The van der Waals surface area contributed by atoms with Gasteiger partial charge in [-0.25, -0.2) is 9.37 Å². The molecule has 0 unspecified atom stereocenters. The molecule has 2 aromatic carbocycles. The first-order valence-electron chi connectivity index (χ1n) is 8.51. The van der Waals surface area contributed by atoms with Gasteiger partial charge >= 0.3 is 0 Å². The van der Waals surface area contributed by atoms with Gasteiger partial charge in [-0.2, -0.15) is 0 Å². The van der Waals surface area contributed by atoms with Gasteiger partial charge in [0.15, 0.2) is 0 Å². The molecule has 0 spiro atoms. The monoisotopic (exact) mass is 346 g/mol. The van der Waals surface area contributed by atoms with Gasteiger partial charge in [-0.1, -0.05) is 30.3 Å². The van der Waals surface area contributed by atoms with E-state index >= 15 is 0 Å². The molecule has 0 bridgehead atoms. The van der Waals surface area contributed by atoms with Crippen molar-refractivity contribution in [2.75, 3.05) is 7.11 Å². The normalized spacial score (nSPS) is 11.0. The third kappa shape index (κ3) is 2.84. The van der Waals surface area contributed by atoms with Crippen molar-refractivity contribution in [3.05, 3.63) is 89.5 Å². The molecule has 4 aromatic rings. The molecule has 4 rings (SSSR count). The van der Waals surface area contributed by atoms with Crippen molar-refractivity contribution in [3.63, 3.8) is 0 Å². The van der Waals surface area contributed by atoms with E-state index in [1.807, 2.05) is 43.5 Å². The van der Waals surface area contributed by atoms with Crippen molar-refractivity contribution in [2.24, 2.45) is 0 Å². The van der Waals surface area contributed by atoms with Crippen LogP contribution in [0.15, 0.2) is 66.9 Å². The second-order valence-electron chi connectivity index (χ2n) is 6.29. The number of nitrogens with zero attached hydrogens (tertiary/aromatic N) is 2. The summed E-state index contributed by atoms with van der Waals surface area (Å²) in [5, 5.41) is 1.03. The van der Waals surface area contributed by atoms with E-state index in [1.54, 1.807) is 13.2 Å². The summed E-state index contributed by atoms with van der Waals surface area (Å²) in [6.07, 6.45) is 2.45. The smallest absolute Gasteiger partial charge is 0.215 e. The Bertz CT molecular complexity index is 1070. The Labute approximate surface area is 151 Å². The molecular formula is C22H19FN2O. The molecular weight excluding hydrogens is 327 g/mol. The number of para-hydroxylation sites is 1. The number of hydrogen-bond acceptors (Lipinski definition) is 2. The van der Waals surface area contributed by atoms with Crippen LogP contribution in [0.3, 0.4) is 0 Å². The first kappa shape index (κ1) is 16.3. The Morgan fingerprint density at radius 1 is 1.04 bits per heavy atom. The lowest BCUT2D eigenvalue weighted by Gasteiger charge is -2.13. The Hall–Kier alpha value is -3.14. The molecule has 2 heterocycles. The number of methoxy groups -OCH3 is 1. The summed E-state index contributed by atoms with van der Waals surface area (Å²) in [5.74, 6) is 0.398. The molecule has 2 aromatic heterocycles. The van der Waals surface area contributed by atoms with Crippen LogP contribution in [0, 0.1) is 12.7 Å². The second-order valence-corrected chi connectivity index (χ2v) is 6.29. The van der Waals surface area contributed by atoms with Crippen LogP contribution in [0.5, 0.6) is 5.88 Å². The number of halogens is 1. The first-order chi connectivity index (χ1) is 12.7. The van der Waals surface area contributed by atoms with Gasteiger partial charge in [-0.3, -0.25) is 0 Å². The summed E-state index contributed by atoms with van der Waals surface area (Å²) in [6, 6.07) is 19.4. The fourth-order valence-electron chi connectivity index (χ4n) is 3.30. The lowest BCUT2D eigenvalue weighted by atomic mass is 10.0. The predicted molar refractivity (Wildman–Crippen MR) is 102 cm³/mol. The van der Waals surface area contributed by atoms with Gasteiger partial charge in [0.05, 0.1) is 12.6 Å². The molecule has 0 saturated carbocycles. The van der Waals surface area contributed by atoms with E-state index in [0.29, 0.717) is 17.9 Å². The first-order valence-corrected chi connectivity index (χ1v) is 8.51. The van der Waals surface area contributed by atoms with Crippen LogP contribution < -0.4 is 4.74 Å². The maximum absolute atomic E-state index is 14.0. The highest BCUT2D eigenvalue weighted by Gasteiger charge is 2.14. The lowest BCUT2D eigenvalue weighted by Crippen LogP contribution is -2.03. The van der Waals surface area contributed by atoms with Crippen molar-refractivity contribution in [1.29, 1.82) is 0 Å². The average Bonchev–Trinajstić information content (AvgIpc) is 3.03. The molecule has 0 aliphatic rings. The minimum atomic E-state index is -0.173. The van der Waals surface area contributed by atoms with E-state index in [1.165, 1.54) is 6.07 Å². The minimum absolute atomic E-state index is 0.173. The average molecular weight is 346 g/mol. The zero-order valence-corrected chi connectivity index (χ0v) is 14.7. The van der Waals surface area contributed by atoms with Crippen molar-refractivity contribution in [1.82, 2.24) is 9.55 Å². The molecule has 0 atom stereocenters. The van der Waals surface area contributed by atoms with Crippen LogP contribution in [-0.4, -0.2) is 16.7 Å². The number of benzene rings is 2. The molecule has 0 N–H and O–H groups in total. The summed E-state index contributed by atoms with van der Waals surface area (Å²) in [4.78, 5) is 4.32. The molecule has 0 radical (unpaired) electrons. The fraction of sp³-hybridized carbons (Fsp3) is 0.136. The van der Waals surface area contributed by atoms with Crippen molar-refractivity contribution in [2.45, 2.75) is 13.3 Å². The molecule has 0 amide bonds. The van der Waals surface area contributed by atoms with Crippen LogP contribution in [0.1, 0.15) is 16.8 Å². The molecule has 130 valence electrons. The van der Waals surface area contributed by atoms with Crippen molar-refractivity contribution < 1.29 is 9.13 Å². The summed E-state index contributed by atoms with van der Waals surface area (Å²) in [5.41, 5.74) is 4.82. The van der Waals surface area contributed by atoms with Gasteiger partial charge in [0.2, 0.25) is 5.88 Å². The van der Waals surface area contributed by atoms with Gasteiger partial charge in [0, 0.05) is 35.5 Å². The van der Waals surface area contributed by atoms with Gasteiger partial charge in [-0.05, 0) is 42.3 Å². The Morgan fingerprint density at radius 3 is 2.62 bits per heavy atom. The van der Waals surface area contributed by atoms with Crippen LogP contribution in [-0.2, 0) is 6.42 Å². The summed E-state index contributed by atoms with van der Waals surface area (Å²) in [7, 11) is 1.61. The van der Waals surface area contributed by atoms with Crippen LogP contribution >= 0.6 is 0 Å². The second kappa shape index (κ2) is 6.64. The Kier molecular flexibility index (Phi) is 4.17. The fourth-order valence-corrected chi connectivity index (χ4v) is 3.30. The number of aromatic nitrogens is 2. The largest absolute Gasteiger partial charge is 0.481 e. The molecule has 26 heavy (non-hydrogen) atoms. The van der Waals surface area contributed by atoms with E-state index in [9.17, 15) is 4.39 Å². The van der Waals surface area contributed by atoms with Crippen LogP contribution in [0.4, 0.5) is 4.39 Å². The molecule has 0 saturated heterocycles. The van der Waals surface area contributed by atoms with Crippen LogP contribution in [0.25, 0.3) is 16.6 Å². The SMILES string of the molecule is COc1cc2c(cn1)cc(Cc1cccc(F)c1C)n2-c1ccccc1. The van der Waals surface area contributed by atoms with Gasteiger partial charge in [-0.15, -0.1) is 0 Å². The molecule has 0 aliphatic heterocycles. The predicted octanol–water partition coefficient (Wildman–Crippen LogP) is 5.07. The quantitative estimate of drug-likeness (QED) is 0.516.